The van der Waals surface area contributed by atoms with Crippen LogP contribution in [0.15, 0.2) is 48.2 Å². The number of halogens is 2. The van der Waals surface area contributed by atoms with Gasteiger partial charge in [-0.2, -0.15) is 0 Å². The number of amides is 2. The predicted molar refractivity (Wildman–Crippen MR) is 125 cm³/mol. The van der Waals surface area contributed by atoms with E-state index >= 15 is 0 Å². The van der Waals surface area contributed by atoms with Gasteiger partial charge in [-0.3, -0.25) is 14.5 Å². The van der Waals surface area contributed by atoms with Crippen molar-refractivity contribution in [2.45, 2.75) is 32.6 Å². The summed E-state index contributed by atoms with van der Waals surface area (Å²) in [5.41, 5.74) is 2.80. The molecular formula is C24H26Cl2N2O3. The molecule has 164 valence electrons. The molecule has 1 N–H and O–H groups in total. The average Bonchev–Trinajstić information content (AvgIpc) is 2.92. The lowest BCUT2D eigenvalue weighted by Crippen LogP contribution is -2.33. The minimum atomic E-state index is -0.390. The van der Waals surface area contributed by atoms with E-state index in [9.17, 15) is 9.59 Å². The van der Waals surface area contributed by atoms with E-state index in [0.717, 1.165) is 0 Å². The zero-order valence-electron chi connectivity index (χ0n) is 18.1. The van der Waals surface area contributed by atoms with Crippen LogP contribution in [0.3, 0.4) is 0 Å². The van der Waals surface area contributed by atoms with E-state index in [0.29, 0.717) is 34.3 Å². The van der Waals surface area contributed by atoms with Crippen LogP contribution in [0.2, 0.25) is 10.0 Å². The normalized spacial score (nSPS) is 14.6. The number of nitrogens with zero attached hydrogens (tertiary/aromatic N) is 1. The summed E-state index contributed by atoms with van der Waals surface area (Å²) < 4.78 is 5.06. The number of anilines is 1. The van der Waals surface area contributed by atoms with Crippen LogP contribution in [0.5, 0.6) is 0 Å². The fourth-order valence-corrected chi connectivity index (χ4v) is 3.91. The number of rotatable bonds is 7. The second kappa shape index (κ2) is 9.43. The maximum atomic E-state index is 13.2. The molecule has 31 heavy (non-hydrogen) atoms. The molecule has 3 rings (SSSR count). The van der Waals surface area contributed by atoms with E-state index in [2.05, 4.69) is 26.1 Å². The van der Waals surface area contributed by atoms with Gasteiger partial charge in [-0.15, -0.1) is 0 Å². The van der Waals surface area contributed by atoms with Gasteiger partial charge in [-0.25, -0.2) is 0 Å². The Morgan fingerprint density at radius 3 is 2.26 bits per heavy atom. The average molecular weight is 461 g/mol. The Labute approximate surface area is 193 Å². The molecule has 2 aromatic rings. The summed E-state index contributed by atoms with van der Waals surface area (Å²) in [6.07, 6.45) is 0.545. The van der Waals surface area contributed by atoms with E-state index in [4.69, 9.17) is 27.9 Å². The number of hydrogen-bond acceptors (Lipinski definition) is 4. The second-order valence-electron chi connectivity index (χ2n) is 8.43. The minimum absolute atomic E-state index is 0.0110. The smallest absolute Gasteiger partial charge is 0.278 e. The van der Waals surface area contributed by atoms with Gasteiger partial charge in [0.2, 0.25) is 0 Å². The topological polar surface area (TPSA) is 58.6 Å². The van der Waals surface area contributed by atoms with Crippen LogP contribution >= 0.6 is 23.2 Å². The fraction of sp³-hybridized carbons (Fsp3) is 0.333. The Hall–Kier alpha value is -2.34. The number of hydrogen-bond donors (Lipinski definition) is 1. The van der Waals surface area contributed by atoms with Crippen molar-refractivity contribution >= 4 is 46.3 Å². The number of imide groups is 1. The number of nitrogens with one attached hydrogen (secondary N) is 1. The lowest BCUT2D eigenvalue weighted by molar-refractivity contribution is -0.136. The zero-order chi connectivity index (χ0) is 22.8. The first-order valence-corrected chi connectivity index (χ1v) is 10.8. The van der Waals surface area contributed by atoms with Gasteiger partial charge in [0.05, 0.1) is 10.6 Å². The molecule has 0 fully saturated rings. The van der Waals surface area contributed by atoms with E-state index in [1.165, 1.54) is 10.5 Å². The van der Waals surface area contributed by atoms with E-state index < -0.39 is 0 Å². The highest BCUT2D eigenvalue weighted by Gasteiger charge is 2.39. The third-order valence-electron chi connectivity index (χ3n) is 5.12. The summed E-state index contributed by atoms with van der Waals surface area (Å²) in [6.45, 7) is 7.11. The molecule has 0 aliphatic carbocycles. The van der Waals surface area contributed by atoms with Gasteiger partial charge in [0.1, 0.15) is 5.70 Å². The molecule has 0 unspecified atom stereocenters. The van der Waals surface area contributed by atoms with Gasteiger partial charge in [0.15, 0.2) is 0 Å². The quantitative estimate of drug-likeness (QED) is 0.436. The van der Waals surface area contributed by atoms with Crippen molar-refractivity contribution in [2.24, 2.45) is 0 Å². The van der Waals surface area contributed by atoms with E-state index in [1.54, 1.807) is 25.3 Å². The van der Waals surface area contributed by atoms with Crippen molar-refractivity contribution in [3.63, 3.8) is 0 Å². The molecule has 0 saturated carbocycles. The van der Waals surface area contributed by atoms with Crippen molar-refractivity contribution in [2.75, 3.05) is 25.6 Å². The fourth-order valence-electron chi connectivity index (χ4n) is 3.40. The summed E-state index contributed by atoms with van der Waals surface area (Å²) in [5, 5.41) is 3.92. The Morgan fingerprint density at radius 2 is 1.68 bits per heavy atom. The van der Waals surface area contributed by atoms with Gasteiger partial charge in [0.25, 0.3) is 11.8 Å². The largest absolute Gasteiger partial charge is 0.385 e. The molecule has 7 heteroatoms. The molecule has 0 atom stereocenters. The van der Waals surface area contributed by atoms with Gasteiger partial charge < -0.3 is 10.1 Å². The third kappa shape index (κ3) is 5.12. The maximum Gasteiger partial charge on any atom is 0.278 e. The molecule has 0 bridgehead atoms. The van der Waals surface area contributed by atoms with Crippen molar-refractivity contribution in [1.29, 1.82) is 0 Å². The summed E-state index contributed by atoms with van der Waals surface area (Å²) in [7, 11) is 1.58. The molecule has 1 aliphatic heterocycles. The molecule has 1 heterocycles. The van der Waals surface area contributed by atoms with E-state index in [1.807, 2.05) is 24.3 Å². The van der Waals surface area contributed by atoms with Crippen molar-refractivity contribution in [1.82, 2.24) is 4.90 Å². The van der Waals surface area contributed by atoms with Crippen LogP contribution in [0.4, 0.5) is 5.69 Å². The molecule has 0 spiro atoms. The van der Waals surface area contributed by atoms with Crippen molar-refractivity contribution in [3.05, 3.63) is 69.3 Å². The second-order valence-corrected chi connectivity index (χ2v) is 9.28. The molecule has 5 nitrogen and oxygen atoms in total. The molecule has 0 aromatic heterocycles. The summed E-state index contributed by atoms with van der Waals surface area (Å²) in [6, 6.07) is 12.7. The van der Waals surface area contributed by atoms with Crippen molar-refractivity contribution in [3.8, 4) is 0 Å². The Morgan fingerprint density at radius 1 is 1.00 bits per heavy atom. The lowest BCUT2D eigenvalue weighted by atomic mass is 9.87. The first-order chi connectivity index (χ1) is 14.6. The van der Waals surface area contributed by atoms with Crippen molar-refractivity contribution < 1.29 is 14.3 Å². The van der Waals surface area contributed by atoms with E-state index in [-0.39, 0.29) is 35.0 Å². The number of carbonyl (C=O) groups is 2. The van der Waals surface area contributed by atoms with Gasteiger partial charge in [-0.1, -0.05) is 62.2 Å². The standard InChI is InChI=1S/C24H26Cl2N2O3/c1-24(2,3)15-6-9-17(10-7-15)27-21-20(18-11-8-16(25)14-19(18)26)22(29)28(23(21)30)12-5-13-31-4/h6-11,14,27H,5,12-13H2,1-4H3. The monoisotopic (exact) mass is 460 g/mol. The third-order valence-corrected chi connectivity index (χ3v) is 5.67. The number of carbonyl (C=O) groups excluding carboxylic acids is 2. The van der Waals surface area contributed by atoms with Crippen LogP contribution in [0.1, 0.15) is 38.3 Å². The van der Waals surface area contributed by atoms with Crippen LogP contribution in [0.25, 0.3) is 5.57 Å². The van der Waals surface area contributed by atoms with Gasteiger partial charge in [-0.05, 0) is 41.7 Å². The highest BCUT2D eigenvalue weighted by atomic mass is 35.5. The molecule has 0 saturated heterocycles. The number of ether oxygens (including phenoxy) is 1. The number of benzene rings is 2. The molecule has 2 amide bonds. The summed E-state index contributed by atoms with van der Waals surface area (Å²) in [4.78, 5) is 27.6. The molecular weight excluding hydrogens is 435 g/mol. The van der Waals surface area contributed by atoms with Gasteiger partial charge >= 0.3 is 0 Å². The van der Waals surface area contributed by atoms with Crippen LogP contribution in [0, 0.1) is 0 Å². The SMILES string of the molecule is COCCCN1C(=O)C(Nc2ccc(C(C)(C)C)cc2)=C(c2ccc(Cl)cc2Cl)C1=O. The zero-order valence-corrected chi connectivity index (χ0v) is 19.6. The first-order valence-electron chi connectivity index (χ1n) is 10.1. The summed E-state index contributed by atoms with van der Waals surface area (Å²) in [5.74, 6) is -0.777. The van der Waals surface area contributed by atoms with Crippen LogP contribution in [-0.4, -0.2) is 37.0 Å². The Bertz CT molecular complexity index is 1020. The Kier molecular flexibility index (Phi) is 7.10. The lowest BCUT2D eigenvalue weighted by Gasteiger charge is -2.19. The van der Waals surface area contributed by atoms with Crippen LogP contribution < -0.4 is 5.32 Å². The predicted octanol–water partition coefficient (Wildman–Crippen LogP) is 5.52. The van der Waals surface area contributed by atoms with Crippen LogP contribution in [-0.2, 0) is 19.7 Å². The molecule has 2 aromatic carbocycles. The minimum Gasteiger partial charge on any atom is -0.385 e. The summed E-state index contributed by atoms with van der Waals surface area (Å²) >= 11 is 12.4. The molecule has 0 radical (unpaired) electrons. The maximum absolute atomic E-state index is 13.2. The highest BCUT2D eigenvalue weighted by molar-refractivity contribution is 6.41. The van der Waals surface area contributed by atoms with Gasteiger partial charge in [0, 0.05) is 36.5 Å². The number of methoxy groups -OCH3 is 1. The molecule has 1 aliphatic rings. The first kappa shape index (κ1) is 23.3. The Balaban J connectivity index is 2.01. The highest BCUT2D eigenvalue weighted by Crippen LogP contribution is 2.35.